The third-order valence-electron chi connectivity index (χ3n) is 4.82. The highest BCUT2D eigenvalue weighted by molar-refractivity contribution is 6.30. The topological polar surface area (TPSA) is 57.7 Å². The van der Waals surface area contributed by atoms with Crippen LogP contribution in [-0.4, -0.2) is 46.7 Å². The molecular weight excluding hydrogens is 364 g/mol. The first-order chi connectivity index (χ1) is 13.0. The lowest BCUT2D eigenvalue weighted by Gasteiger charge is -2.30. The molecule has 0 spiro atoms. The molecule has 1 heterocycles. The second-order valence-electron chi connectivity index (χ2n) is 6.39. The van der Waals surface area contributed by atoms with Gasteiger partial charge in [0.2, 0.25) is 5.91 Å². The highest BCUT2D eigenvalue weighted by Crippen LogP contribution is 2.27. The van der Waals surface area contributed by atoms with E-state index in [0.29, 0.717) is 29.2 Å². The Morgan fingerprint density at radius 3 is 2.11 bits per heavy atom. The van der Waals surface area contributed by atoms with Gasteiger partial charge in [0.25, 0.3) is 11.8 Å². The average molecular weight is 385 g/mol. The number of imide groups is 1. The second kappa shape index (κ2) is 7.92. The minimum absolute atomic E-state index is 0.224. The predicted octanol–water partition coefficient (Wildman–Crippen LogP) is 3.42. The van der Waals surface area contributed by atoms with Crippen molar-refractivity contribution in [3.8, 4) is 0 Å². The summed E-state index contributed by atoms with van der Waals surface area (Å²) in [5.41, 5.74) is 1.47. The van der Waals surface area contributed by atoms with Gasteiger partial charge < -0.3 is 4.90 Å². The van der Waals surface area contributed by atoms with Crippen molar-refractivity contribution in [2.75, 3.05) is 13.1 Å². The Labute approximate surface area is 163 Å². The van der Waals surface area contributed by atoms with Crippen LogP contribution in [0.2, 0.25) is 5.02 Å². The smallest absolute Gasteiger partial charge is 0.262 e. The van der Waals surface area contributed by atoms with E-state index in [1.54, 1.807) is 47.4 Å². The molecule has 1 aliphatic rings. The van der Waals surface area contributed by atoms with Crippen molar-refractivity contribution in [2.24, 2.45) is 0 Å². The van der Waals surface area contributed by atoms with Crippen LogP contribution in [-0.2, 0) is 11.2 Å². The maximum Gasteiger partial charge on any atom is 0.262 e. The normalized spacial score (nSPS) is 14.3. The van der Waals surface area contributed by atoms with Gasteiger partial charge in [0.05, 0.1) is 11.1 Å². The molecule has 0 saturated heterocycles. The molecule has 3 amide bonds. The number of carbonyl (C=O) groups is 3. The predicted molar refractivity (Wildman–Crippen MR) is 104 cm³/mol. The Bertz CT molecular complexity index is 858. The Hall–Kier alpha value is -2.66. The summed E-state index contributed by atoms with van der Waals surface area (Å²) in [5, 5.41) is 0.545. The molecule has 6 heteroatoms. The molecule has 0 radical (unpaired) electrons. The van der Waals surface area contributed by atoms with Gasteiger partial charge in [0, 0.05) is 24.5 Å². The molecule has 2 aromatic carbocycles. The van der Waals surface area contributed by atoms with E-state index in [1.807, 2.05) is 19.9 Å². The molecule has 1 unspecified atom stereocenters. The number of hydrogen-bond acceptors (Lipinski definition) is 3. The summed E-state index contributed by atoms with van der Waals surface area (Å²) in [7, 11) is 0. The molecule has 0 fully saturated rings. The van der Waals surface area contributed by atoms with Gasteiger partial charge in [-0.05, 0) is 43.7 Å². The van der Waals surface area contributed by atoms with Gasteiger partial charge in [-0.3, -0.25) is 19.3 Å². The molecular formula is C21H21ClN2O3. The second-order valence-corrected chi connectivity index (χ2v) is 6.82. The summed E-state index contributed by atoms with van der Waals surface area (Å²) in [6.45, 7) is 4.76. The minimum atomic E-state index is -0.907. The SMILES string of the molecule is CCN(CC)C(=O)C(Cc1cccc(Cl)c1)N1C(=O)c2ccccc2C1=O. The standard InChI is InChI=1S/C21H21ClN2O3/c1-3-23(4-2)21(27)18(13-14-8-7-9-15(22)12-14)24-19(25)16-10-5-6-11-17(16)20(24)26/h5-12,18H,3-4,13H2,1-2H3. The molecule has 0 aromatic heterocycles. The number of fused-ring (bicyclic) bond motifs is 1. The fraction of sp³-hybridized carbons (Fsp3) is 0.286. The first-order valence-electron chi connectivity index (χ1n) is 8.98. The Kier molecular flexibility index (Phi) is 5.61. The summed E-state index contributed by atoms with van der Waals surface area (Å²) in [6, 6.07) is 12.9. The highest BCUT2D eigenvalue weighted by Gasteiger charge is 2.43. The van der Waals surface area contributed by atoms with E-state index in [4.69, 9.17) is 11.6 Å². The molecule has 2 aromatic rings. The van der Waals surface area contributed by atoms with Gasteiger partial charge in [-0.1, -0.05) is 35.9 Å². The van der Waals surface area contributed by atoms with Gasteiger partial charge in [-0.15, -0.1) is 0 Å². The quantitative estimate of drug-likeness (QED) is 0.717. The molecule has 0 aliphatic carbocycles. The lowest BCUT2D eigenvalue weighted by atomic mass is 10.0. The van der Waals surface area contributed by atoms with Crippen LogP contribution in [0.5, 0.6) is 0 Å². The van der Waals surface area contributed by atoms with Gasteiger partial charge >= 0.3 is 0 Å². The van der Waals surface area contributed by atoms with E-state index in [2.05, 4.69) is 0 Å². The zero-order chi connectivity index (χ0) is 19.6. The van der Waals surface area contributed by atoms with E-state index in [9.17, 15) is 14.4 Å². The summed E-state index contributed by atoms with van der Waals surface area (Å²) in [5.74, 6) is -1.10. The third-order valence-corrected chi connectivity index (χ3v) is 5.05. The molecule has 0 saturated carbocycles. The molecule has 1 aliphatic heterocycles. The highest BCUT2D eigenvalue weighted by atomic mass is 35.5. The molecule has 0 bridgehead atoms. The molecule has 3 rings (SSSR count). The Morgan fingerprint density at radius 2 is 1.59 bits per heavy atom. The summed E-state index contributed by atoms with van der Waals surface area (Å²) >= 11 is 6.07. The lowest BCUT2D eigenvalue weighted by molar-refractivity contribution is -0.135. The number of carbonyl (C=O) groups excluding carboxylic acids is 3. The molecule has 5 nitrogen and oxygen atoms in total. The number of halogens is 1. The summed E-state index contributed by atoms with van der Waals surface area (Å²) in [6.07, 6.45) is 0.224. The monoisotopic (exact) mass is 384 g/mol. The number of likely N-dealkylation sites (N-methyl/N-ethyl adjacent to an activating group) is 1. The maximum absolute atomic E-state index is 13.2. The van der Waals surface area contributed by atoms with Gasteiger partial charge in [-0.25, -0.2) is 0 Å². The van der Waals surface area contributed by atoms with E-state index in [-0.39, 0.29) is 12.3 Å². The van der Waals surface area contributed by atoms with Crippen LogP contribution < -0.4 is 0 Å². The summed E-state index contributed by atoms with van der Waals surface area (Å²) in [4.78, 5) is 41.7. The van der Waals surface area contributed by atoms with Crippen molar-refractivity contribution in [1.29, 1.82) is 0 Å². The van der Waals surface area contributed by atoms with Crippen LogP contribution >= 0.6 is 11.6 Å². The van der Waals surface area contributed by atoms with Crippen LogP contribution in [0.4, 0.5) is 0 Å². The molecule has 140 valence electrons. The largest absolute Gasteiger partial charge is 0.341 e. The van der Waals surface area contributed by atoms with E-state index in [1.165, 1.54) is 0 Å². The van der Waals surface area contributed by atoms with E-state index < -0.39 is 17.9 Å². The van der Waals surface area contributed by atoms with Crippen molar-refractivity contribution < 1.29 is 14.4 Å². The average Bonchev–Trinajstić information content (AvgIpc) is 2.92. The Morgan fingerprint density at radius 1 is 1.00 bits per heavy atom. The lowest BCUT2D eigenvalue weighted by Crippen LogP contribution is -2.52. The van der Waals surface area contributed by atoms with Gasteiger partial charge in [-0.2, -0.15) is 0 Å². The Balaban J connectivity index is 2.01. The van der Waals surface area contributed by atoms with Crippen LogP contribution in [0.1, 0.15) is 40.1 Å². The number of nitrogens with zero attached hydrogens (tertiary/aromatic N) is 2. The molecule has 0 N–H and O–H groups in total. The zero-order valence-electron chi connectivity index (χ0n) is 15.3. The third kappa shape index (κ3) is 3.60. The number of benzene rings is 2. The van der Waals surface area contributed by atoms with Crippen LogP contribution in [0.25, 0.3) is 0 Å². The number of amides is 3. The fourth-order valence-corrected chi connectivity index (χ4v) is 3.63. The number of hydrogen-bond donors (Lipinski definition) is 0. The fourth-order valence-electron chi connectivity index (χ4n) is 3.41. The van der Waals surface area contributed by atoms with Crippen LogP contribution in [0.15, 0.2) is 48.5 Å². The van der Waals surface area contributed by atoms with Crippen molar-refractivity contribution in [3.05, 3.63) is 70.2 Å². The summed E-state index contributed by atoms with van der Waals surface area (Å²) < 4.78 is 0. The van der Waals surface area contributed by atoms with E-state index in [0.717, 1.165) is 10.5 Å². The molecule has 1 atom stereocenters. The minimum Gasteiger partial charge on any atom is -0.341 e. The zero-order valence-corrected chi connectivity index (χ0v) is 16.1. The molecule has 27 heavy (non-hydrogen) atoms. The van der Waals surface area contributed by atoms with Crippen LogP contribution in [0.3, 0.4) is 0 Å². The first kappa shape index (κ1) is 19.1. The van der Waals surface area contributed by atoms with E-state index >= 15 is 0 Å². The van der Waals surface area contributed by atoms with Crippen molar-refractivity contribution in [1.82, 2.24) is 9.80 Å². The number of rotatable bonds is 6. The van der Waals surface area contributed by atoms with Crippen molar-refractivity contribution >= 4 is 29.3 Å². The van der Waals surface area contributed by atoms with Crippen LogP contribution in [0, 0.1) is 0 Å². The maximum atomic E-state index is 13.2. The van der Waals surface area contributed by atoms with Crippen molar-refractivity contribution in [2.45, 2.75) is 26.3 Å². The first-order valence-corrected chi connectivity index (χ1v) is 9.35. The van der Waals surface area contributed by atoms with Gasteiger partial charge in [0.15, 0.2) is 0 Å². The van der Waals surface area contributed by atoms with Crippen molar-refractivity contribution in [3.63, 3.8) is 0 Å². The van der Waals surface area contributed by atoms with Gasteiger partial charge in [0.1, 0.15) is 6.04 Å².